The number of aliphatic hydroxyl groups is 2. The van der Waals surface area contributed by atoms with Crippen LogP contribution in [0.4, 0.5) is 0 Å². The van der Waals surface area contributed by atoms with E-state index in [0.29, 0.717) is 6.42 Å². The van der Waals surface area contributed by atoms with E-state index in [1.807, 2.05) is 78.9 Å². The normalized spacial score (nSPS) is 12.3. The van der Waals surface area contributed by atoms with Crippen molar-refractivity contribution >= 4 is 11.3 Å². The number of aryl methyl sites for hydroxylation is 2. The molecule has 0 radical (unpaired) electrons. The topological polar surface area (TPSA) is 69.0 Å². The third-order valence-corrected chi connectivity index (χ3v) is 5.01. The second kappa shape index (κ2) is 17.4. The van der Waals surface area contributed by atoms with E-state index in [1.165, 1.54) is 0 Å². The van der Waals surface area contributed by atoms with E-state index in [2.05, 4.69) is 55.0 Å². The largest absolute Gasteiger partial charge is 0.394 e. The van der Waals surface area contributed by atoms with Crippen molar-refractivity contribution in [2.75, 3.05) is 27.7 Å². The predicted molar refractivity (Wildman–Crippen MR) is 153 cm³/mol. The summed E-state index contributed by atoms with van der Waals surface area (Å²) in [5, 5.41) is 16.5. The lowest BCUT2D eigenvalue weighted by Gasteiger charge is -2.14. The van der Waals surface area contributed by atoms with Crippen LogP contribution in [-0.4, -0.2) is 59.7 Å². The van der Waals surface area contributed by atoms with Crippen molar-refractivity contribution in [2.24, 2.45) is 4.99 Å². The Kier molecular flexibility index (Phi) is 15.9. The molecule has 1 aromatic heterocycles. The Morgan fingerprint density at radius 2 is 1.86 bits per heavy atom. The Labute approximate surface area is 213 Å². The van der Waals surface area contributed by atoms with Gasteiger partial charge in [-0.2, -0.15) is 0 Å². The lowest BCUT2D eigenvalue weighted by atomic mass is 9.97. The molecule has 1 atom stereocenters. The van der Waals surface area contributed by atoms with E-state index < -0.39 is 6.10 Å². The van der Waals surface area contributed by atoms with Crippen LogP contribution in [0.15, 0.2) is 66.3 Å². The van der Waals surface area contributed by atoms with Gasteiger partial charge in [0.1, 0.15) is 0 Å². The fourth-order valence-corrected chi connectivity index (χ4v) is 3.20. The van der Waals surface area contributed by atoms with Gasteiger partial charge in [-0.25, -0.2) is 0 Å². The zero-order valence-corrected chi connectivity index (χ0v) is 23.1. The van der Waals surface area contributed by atoms with Gasteiger partial charge in [-0.15, -0.1) is 0 Å². The maximum Gasteiger partial charge on any atom is 0.0768 e. The van der Waals surface area contributed by atoms with Gasteiger partial charge in [0, 0.05) is 44.2 Å². The van der Waals surface area contributed by atoms with Crippen molar-refractivity contribution in [2.45, 2.75) is 54.1 Å². The van der Waals surface area contributed by atoms with E-state index in [1.54, 1.807) is 0 Å². The highest BCUT2D eigenvalue weighted by Gasteiger charge is 2.12. The maximum absolute atomic E-state index is 8.42. The van der Waals surface area contributed by atoms with Crippen molar-refractivity contribution in [1.29, 1.82) is 0 Å². The molecule has 0 aliphatic heterocycles. The Morgan fingerprint density at radius 3 is 2.31 bits per heavy atom. The van der Waals surface area contributed by atoms with Gasteiger partial charge in [0.05, 0.1) is 24.1 Å². The average molecular weight is 480 g/mol. The van der Waals surface area contributed by atoms with E-state index >= 15 is 0 Å². The quantitative estimate of drug-likeness (QED) is 0.348. The molecule has 5 heteroatoms. The fraction of sp³-hybridized carbons (Fsp3) is 0.400. The summed E-state index contributed by atoms with van der Waals surface area (Å²) >= 11 is 0. The van der Waals surface area contributed by atoms with E-state index in [0.717, 1.165) is 44.9 Å². The van der Waals surface area contributed by atoms with Gasteiger partial charge in [0.15, 0.2) is 0 Å². The lowest BCUT2D eigenvalue weighted by Crippen LogP contribution is -2.08. The van der Waals surface area contributed by atoms with Crippen molar-refractivity contribution < 1.29 is 10.2 Å². The highest BCUT2D eigenvalue weighted by molar-refractivity contribution is 6.09. The number of hydrogen-bond acceptors (Lipinski definition) is 5. The Morgan fingerprint density at radius 1 is 1.20 bits per heavy atom. The lowest BCUT2D eigenvalue weighted by molar-refractivity contribution is 0.0923. The molecule has 1 unspecified atom stereocenters. The van der Waals surface area contributed by atoms with Crippen LogP contribution >= 0.6 is 0 Å². The molecule has 0 saturated carbocycles. The van der Waals surface area contributed by atoms with Crippen molar-refractivity contribution in [3.8, 4) is 11.3 Å². The zero-order valence-electron chi connectivity index (χ0n) is 23.1. The smallest absolute Gasteiger partial charge is 0.0768 e. The molecule has 0 saturated heterocycles. The summed E-state index contributed by atoms with van der Waals surface area (Å²) in [5.74, 6) is 0. The molecule has 1 aromatic carbocycles. The molecule has 2 aromatic rings. The van der Waals surface area contributed by atoms with Gasteiger partial charge in [0.25, 0.3) is 0 Å². The maximum atomic E-state index is 8.42. The highest BCUT2D eigenvalue weighted by atomic mass is 16.3. The molecule has 192 valence electrons. The highest BCUT2D eigenvalue weighted by Crippen LogP contribution is 2.27. The Balaban J connectivity index is 0.00000126. The standard InChI is InChI=1S/C24H29N3.C4H10O2.C2H6/c1-8-11-23(25-5)22-14-17(3)24(26-18(22)4)21-13-10-12-20(15-21)19(9-2)16-27(6)7;1-2-4(6)3-5;1-2/h8-16H,2H2,1,3-7H3;4-6H,2-3H2,1H3;1-2H3/b11-8-,19-16+,25-23?;;. The van der Waals surface area contributed by atoms with Crippen molar-refractivity contribution in [1.82, 2.24) is 9.88 Å². The molecule has 0 bridgehead atoms. The minimum Gasteiger partial charge on any atom is -0.394 e. The molecule has 0 aliphatic carbocycles. The molecule has 35 heavy (non-hydrogen) atoms. The number of aromatic nitrogens is 1. The number of pyridine rings is 1. The number of hydrogen-bond donors (Lipinski definition) is 2. The summed E-state index contributed by atoms with van der Waals surface area (Å²) < 4.78 is 0. The van der Waals surface area contributed by atoms with Gasteiger partial charge in [-0.1, -0.05) is 57.7 Å². The van der Waals surface area contributed by atoms with Gasteiger partial charge in [-0.3, -0.25) is 9.98 Å². The molecule has 0 aliphatic rings. The number of allylic oxidation sites excluding steroid dienone is 4. The van der Waals surface area contributed by atoms with Crippen LogP contribution in [0.2, 0.25) is 0 Å². The first-order valence-electron chi connectivity index (χ1n) is 12.2. The van der Waals surface area contributed by atoms with E-state index in [9.17, 15) is 0 Å². The molecular formula is C30H45N3O2. The minimum atomic E-state index is -0.509. The number of rotatable bonds is 8. The molecule has 5 nitrogen and oxygen atoms in total. The fourth-order valence-electron chi connectivity index (χ4n) is 3.20. The Bertz CT molecular complexity index is 1000. The molecule has 0 spiro atoms. The van der Waals surface area contributed by atoms with Gasteiger partial charge < -0.3 is 15.1 Å². The van der Waals surface area contributed by atoms with E-state index in [-0.39, 0.29) is 6.61 Å². The summed E-state index contributed by atoms with van der Waals surface area (Å²) in [7, 11) is 5.84. The van der Waals surface area contributed by atoms with Gasteiger partial charge in [0.2, 0.25) is 0 Å². The number of aliphatic imine (C=N–C) groups is 1. The predicted octanol–water partition coefficient (Wildman–Crippen LogP) is 6.22. The number of nitrogens with zero attached hydrogens (tertiary/aromatic N) is 3. The second-order valence-corrected chi connectivity index (χ2v) is 7.97. The summed E-state index contributed by atoms with van der Waals surface area (Å²) in [4.78, 5) is 11.3. The Hall–Kier alpha value is -3.02. The van der Waals surface area contributed by atoms with Crippen molar-refractivity contribution in [3.63, 3.8) is 0 Å². The third-order valence-electron chi connectivity index (χ3n) is 5.01. The van der Waals surface area contributed by atoms with Crippen LogP contribution in [0.1, 0.15) is 56.5 Å². The van der Waals surface area contributed by atoms with Crippen molar-refractivity contribution in [3.05, 3.63) is 83.7 Å². The summed E-state index contributed by atoms with van der Waals surface area (Å²) in [6, 6.07) is 10.6. The second-order valence-electron chi connectivity index (χ2n) is 7.97. The molecular weight excluding hydrogens is 434 g/mol. The van der Waals surface area contributed by atoms with Crippen LogP contribution in [0, 0.1) is 13.8 Å². The van der Waals surface area contributed by atoms with E-state index in [4.69, 9.17) is 15.2 Å². The molecule has 0 fully saturated rings. The summed E-state index contributed by atoms with van der Waals surface area (Å²) in [5.41, 5.74) is 8.46. The monoisotopic (exact) mass is 479 g/mol. The molecule has 2 N–H and O–H groups in total. The third kappa shape index (κ3) is 10.4. The molecule has 1 heterocycles. The van der Waals surface area contributed by atoms with Gasteiger partial charge in [-0.05, 0) is 62.1 Å². The number of benzene rings is 1. The first-order chi connectivity index (χ1) is 16.7. The van der Waals surface area contributed by atoms with Crippen LogP contribution in [-0.2, 0) is 0 Å². The average Bonchev–Trinajstić information content (AvgIpc) is 2.88. The van der Waals surface area contributed by atoms with Crippen LogP contribution in [0.25, 0.3) is 16.8 Å². The molecule has 2 rings (SSSR count). The molecule has 0 amide bonds. The van der Waals surface area contributed by atoms with Gasteiger partial charge >= 0.3 is 0 Å². The van der Waals surface area contributed by atoms with Crippen LogP contribution < -0.4 is 0 Å². The zero-order chi connectivity index (χ0) is 27.0. The number of aliphatic hydroxyl groups excluding tert-OH is 2. The van der Waals surface area contributed by atoms with Crippen LogP contribution in [0.5, 0.6) is 0 Å². The first kappa shape index (κ1) is 32.0. The first-order valence-corrected chi connectivity index (χ1v) is 12.2. The minimum absolute atomic E-state index is 0.115. The summed E-state index contributed by atoms with van der Waals surface area (Å²) in [6.45, 7) is 15.8. The SMILES string of the molecule is C=C/C(=C\N(C)C)c1cccc(-c2nc(C)c(C(/C=C\C)=NC)cc2C)c1.CC.CCC(O)CO. The van der Waals surface area contributed by atoms with Crippen LogP contribution in [0.3, 0.4) is 0 Å². The summed E-state index contributed by atoms with van der Waals surface area (Å²) in [6.07, 6.45) is 8.10.